The second kappa shape index (κ2) is 7.51. The van der Waals surface area contributed by atoms with Gasteiger partial charge in [0.25, 0.3) is 5.91 Å². The molecule has 0 aromatic carbocycles. The van der Waals surface area contributed by atoms with Crippen LogP contribution in [0.3, 0.4) is 0 Å². The van der Waals surface area contributed by atoms with Crippen LogP contribution in [-0.2, 0) is 19.5 Å². The van der Waals surface area contributed by atoms with Gasteiger partial charge in [-0.25, -0.2) is 9.48 Å². The summed E-state index contributed by atoms with van der Waals surface area (Å²) >= 11 is 0. The molecule has 0 saturated carbocycles. The summed E-state index contributed by atoms with van der Waals surface area (Å²) in [6.07, 6.45) is 3.14. The van der Waals surface area contributed by atoms with Crippen molar-refractivity contribution < 1.29 is 9.21 Å². The van der Waals surface area contributed by atoms with E-state index in [1.807, 2.05) is 6.92 Å². The highest BCUT2D eigenvalue weighted by Crippen LogP contribution is 2.16. The number of carbonyl (C=O) groups excluding carboxylic acids is 1. The standard InChI is InChI=1S/C19H28N4O3/c1-12(2)7-10-23-19(25)22-9-8-15(5-6-17(22)21-23)20-18(24)16-11-13(3)26-14(16)4/h11-12,15H,5-10H2,1-4H3,(H,20,24). The molecule has 0 aliphatic carbocycles. The van der Waals surface area contributed by atoms with E-state index in [0.29, 0.717) is 36.8 Å². The minimum absolute atomic E-state index is 0.0299. The number of amides is 1. The lowest BCUT2D eigenvalue weighted by Crippen LogP contribution is -2.36. The predicted octanol–water partition coefficient (Wildman–Crippen LogP) is 2.44. The Kier molecular flexibility index (Phi) is 5.34. The molecule has 0 fully saturated rings. The molecule has 0 bridgehead atoms. The fraction of sp³-hybridized carbons (Fsp3) is 0.632. The Morgan fingerprint density at radius 2 is 2.15 bits per heavy atom. The van der Waals surface area contributed by atoms with Crippen molar-refractivity contribution in [2.75, 3.05) is 0 Å². The number of aromatic nitrogens is 3. The van der Waals surface area contributed by atoms with Crippen LogP contribution in [0.25, 0.3) is 0 Å². The molecule has 1 N–H and O–H groups in total. The van der Waals surface area contributed by atoms with Crippen LogP contribution in [0.5, 0.6) is 0 Å². The molecule has 2 aromatic rings. The lowest BCUT2D eigenvalue weighted by molar-refractivity contribution is 0.0931. The van der Waals surface area contributed by atoms with E-state index in [0.717, 1.165) is 30.8 Å². The van der Waals surface area contributed by atoms with Gasteiger partial charge in [0.2, 0.25) is 0 Å². The normalized spacial score (nSPS) is 17.2. The molecule has 1 aliphatic heterocycles. The summed E-state index contributed by atoms with van der Waals surface area (Å²) in [6, 6.07) is 1.79. The van der Waals surface area contributed by atoms with E-state index in [1.54, 1.807) is 22.2 Å². The topological polar surface area (TPSA) is 82.1 Å². The highest BCUT2D eigenvalue weighted by atomic mass is 16.3. The molecule has 1 aliphatic rings. The molecule has 0 spiro atoms. The van der Waals surface area contributed by atoms with E-state index in [2.05, 4.69) is 24.3 Å². The molecule has 2 aromatic heterocycles. The number of nitrogens with zero attached hydrogens (tertiary/aromatic N) is 3. The number of carbonyl (C=O) groups is 1. The van der Waals surface area contributed by atoms with E-state index < -0.39 is 0 Å². The first-order valence-corrected chi connectivity index (χ1v) is 9.39. The van der Waals surface area contributed by atoms with Crippen molar-refractivity contribution in [2.45, 2.75) is 72.5 Å². The third-order valence-corrected chi connectivity index (χ3v) is 4.96. The van der Waals surface area contributed by atoms with Gasteiger partial charge in [0, 0.05) is 25.6 Å². The van der Waals surface area contributed by atoms with E-state index in [-0.39, 0.29) is 17.6 Å². The Labute approximate surface area is 153 Å². The van der Waals surface area contributed by atoms with Crippen molar-refractivity contribution in [1.29, 1.82) is 0 Å². The largest absolute Gasteiger partial charge is 0.466 e. The van der Waals surface area contributed by atoms with Crippen LogP contribution in [0.15, 0.2) is 15.3 Å². The number of nitrogens with one attached hydrogen (secondary N) is 1. The summed E-state index contributed by atoms with van der Waals surface area (Å²) in [5, 5.41) is 7.59. The van der Waals surface area contributed by atoms with Gasteiger partial charge in [-0.3, -0.25) is 9.36 Å². The second-order valence-corrected chi connectivity index (χ2v) is 7.58. The predicted molar refractivity (Wildman–Crippen MR) is 98.3 cm³/mol. The lowest BCUT2D eigenvalue weighted by Gasteiger charge is -2.15. The maximum atomic E-state index is 12.5. The van der Waals surface area contributed by atoms with E-state index >= 15 is 0 Å². The van der Waals surface area contributed by atoms with Crippen LogP contribution in [0.4, 0.5) is 0 Å². The second-order valence-electron chi connectivity index (χ2n) is 7.58. The van der Waals surface area contributed by atoms with Gasteiger partial charge < -0.3 is 9.73 Å². The zero-order valence-electron chi connectivity index (χ0n) is 16.0. The first-order valence-electron chi connectivity index (χ1n) is 9.39. The Balaban J connectivity index is 1.64. The highest BCUT2D eigenvalue weighted by molar-refractivity contribution is 5.95. The van der Waals surface area contributed by atoms with Crippen molar-refractivity contribution in [3.05, 3.63) is 39.5 Å². The van der Waals surface area contributed by atoms with Crippen LogP contribution in [-0.4, -0.2) is 26.3 Å². The maximum Gasteiger partial charge on any atom is 0.345 e. The van der Waals surface area contributed by atoms with Crippen LogP contribution < -0.4 is 11.0 Å². The van der Waals surface area contributed by atoms with E-state index in [4.69, 9.17) is 4.42 Å². The van der Waals surface area contributed by atoms with Gasteiger partial charge in [0.05, 0.1) is 5.56 Å². The number of hydrogen-bond donors (Lipinski definition) is 1. The first-order chi connectivity index (χ1) is 12.3. The van der Waals surface area contributed by atoms with E-state index in [9.17, 15) is 9.59 Å². The van der Waals surface area contributed by atoms with Crippen molar-refractivity contribution in [3.8, 4) is 0 Å². The van der Waals surface area contributed by atoms with Crippen molar-refractivity contribution >= 4 is 5.91 Å². The summed E-state index contributed by atoms with van der Waals surface area (Å²) in [7, 11) is 0. The molecule has 0 saturated heterocycles. The first kappa shape index (κ1) is 18.5. The Morgan fingerprint density at radius 1 is 1.38 bits per heavy atom. The molecule has 0 radical (unpaired) electrons. The Hall–Kier alpha value is -2.31. The summed E-state index contributed by atoms with van der Waals surface area (Å²) in [6.45, 7) is 9.16. The molecule has 1 amide bonds. The van der Waals surface area contributed by atoms with Gasteiger partial charge in [0.1, 0.15) is 17.3 Å². The molecule has 7 nitrogen and oxygen atoms in total. The molecule has 1 atom stereocenters. The molecule has 7 heteroatoms. The third-order valence-electron chi connectivity index (χ3n) is 4.96. The fourth-order valence-electron chi connectivity index (χ4n) is 3.42. The molecular formula is C19H28N4O3. The number of hydrogen-bond acceptors (Lipinski definition) is 4. The summed E-state index contributed by atoms with van der Waals surface area (Å²) in [5.41, 5.74) is 0.550. The summed E-state index contributed by atoms with van der Waals surface area (Å²) in [4.78, 5) is 25.0. The smallest absolute Gasteiger partial charge is 0.345 e. The summed E-state index contributed by atoms with van der Waals surface area (Å²) in [5.74, 6) is 2.62. The van der Waals surface area contributed by atoms with Crippen LogP contribution in [0.1, 0.15) is 60.8 Å². The SMILES string of the molecule is Cc1cc(C(=O)NC2CCc3nn(CCC(C)C)c(=O)n3CC2)c(C)o1. The molecule has 1 unspecified atom stereocenters. The van der Waals surface area contributed by atoms with Gasteiger partial charge >= 0.3 is 5.69 Å². The third kappa shape index (κ3) is 3.92. The molecule has 26 heavy (non-hydrogen) atoms. The van der Waals surface area contributed by atoms with Crippen molar-refractivity contribution in [1.82, 2.24) is 19.7 Å². The van der Waals surface area contributed by atoms with Crippen LogP contribution >= 0.6 is 0 Å². The Bertz CT molecular complexity index is 844. The minimum Gasteiger partial charge on any atom is -0.466 e. The van der Waals surface area contributed by atoms with Gasteiger partial charge in [-0.15, -0.1) is 0 Å². The average Bonchev–Trinajstić information content (AvgIpc) is 2.98. The van der Waals surface area contributed by atoms with Gasteiger partial charge in [-0.2, -0.15) is 5.10 Å². The zero-order chi connectivity index (χ0) is 18.8. The highest BCUT2D eigenvalue weighted by Gasteiger charge is 2.23. The molecule has 3 heterocycles. The summed E-state index contributed by atoms with van der Waals surface area (Å²) < 4.78 is 8.79. The van der Waals surface area contributed by atoms with Crippen molar-refractivity contribution in [3.63, 3.8) is 0 Å². The molecule has 3 rings (SSSR count). The van der Waals surface area contributed by atoms with Gasteiger partial charge in [-0.05, 0) is 45.1 Å². The molecule has 142 valence electrons. The monoisotopic (exact) mass is 360 g/mol. The van der Waals surface area contributed by atoms with Crippen molar-refractivity contribution in [2.24, 2.45) is 5.92 Å². The lowest BCUT2D eigenvalue weighted by atomic mass is 10.1. The minimum atomic E-state index is -0.113. The van der Waals surface area contributed by atoms with Gasteiger partial charge in [0.15, 0.2) is 0 Å². The fourth-order valence-corrected chi connectivity index (χ4v) is 3.42. The van der Waals surface area contributed by atoms with Gasteiger partial charge in [-0.1, -0.05) is 13.8 Å². The average molecular weight is 360 g/mol. The number of rotatable bonds is 5. The van der Waals surface area contributed by atoms with E-state index in [1.165, 1.54) is 0 Å². The Morgan fingerprint density at radius 3 is 2.81 bits per heavy atom. The maximum absolute atomic E-state index is 12.5. The number of aryl methyl sites for hydroxylation is 4. The quantitative estimate of drug-likeness (QED) is 0.888. The number of fused-ring (bicyclic) bond motifs is 1. The molecular weight excluding hydrogens is 332 g/mol. The van der Waals surface area contributed by atoms with Crippen LogP contribution in [0, 0.1) is 19.8 Å². The van der Waals surface area contributed by atoms with Crippen LogP contribution in [0.2, 0.25) is 0 Å². The zero-order valence-corrected chi connectivity index (χ0v) is 16.0. The number of furan rings is 1.